The summed E-state index contributed by atoms with van der Waals surface area (Å²) in [6.07, 6.45) is 4.62. The molecule has 1 aromatic heterocycles. The lowest BCUT2D eigenvalue weighted by Gasteiger charge is -2.39. The van der Waals surface area contributed by atoms with Crippen LogP contribution in [-0.4, -0.2) is 49.6 Å². The quantitative estimate of drug-likeness (QED) is 0.765. The molecule has 0 aliphatic carbocycles. The summed E-state index contributed by atoms with van der Waals surface area (Å²) < 4.78 is 16.4. The summed E-state index contributed by atoms with van der Waals surface area (Å²) in [5, 5.41) is 0. The van der Waals surface area contributed by atoms with Crippen molar-refractivity contribution in [3.63, 3.8) is 0 Å². The maximum absolute atomic E-state index is 13.5. The molecule has 0 unspecified atom stereocenters. The lowest BCUT2D eigenvalue weighted by molar-refractivity contribution is -0.146. The zero-order valence-electron chi connectivity index (χ0n) is 16.6. The van der Waals surface area contributed by atoms with Gasteiger partial charge in [-0.05, 0) is 44.0 Å². The van der Waals surface area contributed by atoms with Gasteiger partial charge in [0.25, 0.3) is 0 Å². The van der Waals surface area contributed by atoms with Gasteiger partial charge >= 0.3 is 0 Å². The first kappa shape index (κ1) is 18.9. The van der Waals surface area contributed by atoms with Gasteiger partial charge in [0.2, 0.25) is 5.91 Å². The second-order valence-electron chi connectivity index (χ2n) is 7.80. The Bertz CT molecular complexity index is 820. The fraction of sp³-hybridized carbons (Fsp3) is 0.500. The summed E-state index contributed by atoms with van der Waals surface area (Å²) in [6.45, 7) is 3.85. The molecule has 6 heteroatoms. The molecular formula is C22H28N2O4. The highest BCUT2D eigenvalue weighted by atomic mass is 16.5. The second kappa shape index (κ2) is 7.87. The highest BCUT2D eigenvalue weighted by Crippen LogP contribution is 2.41. The van der Waals surface area contributed by atoms with Gasteiger partial charge < -0.3 is 18.8 Å². The Morgan fingerprint density at radius 1 is 1.07 bits per heavy atom. The van der Waals surface area contributed by atoms with E-state index < -0.39 is 0 Å². The van der Waals surface area contributed by atoms with Gasteiger partial charge in [-0.15, -0.1) is 0 Å². The Kier molecular flexibility index (Phi) is 5.31. The fourth-order valence-corrected chi connectivity index (χ4v) is 4.68. The number of para-hydroxylation sites is 1. The van der Waals surface area contributed by atoms with Gasteiger partial charge in [0.05, 0.1) is 32.4 Å². The van der Waals surface area contributed by atoms with Crippen LogP contribution < -0.4 is 9.47 Å². The van der Waals surface area contributed by atoms with Crippen LogP contribution in [0.2, 0.25) is 0 Å². The van der Waals surface area contributed by atoms with E-state index in [2.05, 4.69) is 4.90 Å². The van der Waals surface area contributed by atoms with Gasteiger partial charge in [-0.25, -0.2) is 0 Å². The van der Waals surface area contributed by atoms with Crippen molar-refractivity contribution in [3.05, 3.63) is 47.9 Å². The molecule has 0 saturated carbocycles. The van der Waals surface area contributed by atoms with Crippen LogP contribution in [0.4, 0.5) is 0 Å². The molecule has 6 nitrogen and oxygen atoms in total. The van der Waals surface area contributed by atoms with E-state index in [1.807, 2.05) is 35.2 Å². The Labute approximate surface area is 166 Å². The van der Waals surface area contributed by atoms with Crippen molar-refractivity contribution in [2.24, 2.45) is 5.41 Å². The minimum absolute atomic E-state index is 0.267. The van der Waals surface area contributed by atoms with Crippen LogP contribution in [0.25, 0.3) is 0 Å². The van der Waals surface area contributed by atoms with Crippen molar-refractivity contribution < 1.29 is 18.7 Å². The number of amides is 1. The molecule has 1 amide bonds. The van der Waals surface area contributed by atoms with E-state index in [0.717, 1.165) is 56.8 Å². The monoisotopic (exact) mass is 384 g/mol. The zero-order valence-corrected chi connectivity index (χ0v) is 16.6. The molecular weight excluding hydrogens is 356 g/mol. The zero-order chi connectivity index (χ0) is 19.6. The number of ether oxygens (including phenoxy) is 2. The summed E-state index contributed by atoms with van der Waals surface area (Å²) in [6, 6.07) is 9.74. The number of furan rings is 1. The van der Waals surface area contributed by atoms with E-state index in [-0.39, 0.29) is 11.3 Å². The topological polar surface area (TPSA) is 55.2 Å². The lowest BCUT2D eigenvalue weighted by atomic mass is 9.78. The molecule has 28 heavy (non-hydrogen) atoms. The molecule has 1 atom stereocenters. The molecule has 4 rings (SSSR count). The van der Waals surface area contributed by atoms with Crippen LogP contribution in [-0.2, 0) is 17.9 Å². The largest absolute Gasteiger partial charge is 0.493 e. The first-order valence-electron chi connectivity index (χ1n) is 9.89. The molecule has 150 valence electrons. The number of piperidine rings is 1. The van der Waals surface area contributed by atoms with E-state index in [1.54, 1.807) is 20.5 Å². The van der Waals surface area contributed by atoms with Gasteiger partial charge in [-0.3, -0.25) is 9.69 Å². The predicted octanol–water partition coefficient (Wildman–Crippen LogP) is 3.31. The maximum atomic E-state index is 13.5. The third-order valence-electron chi connectivity index (χ3n) is 6.06. The van der Waals surface area contributed by atoms with Crippen LogP contribution in [0.15, 0.2) is 41.0 Å². The number of likely N-dealkylation sites (tertiary alicyclic amines) is 2. The SMILES string of the molecule is COc1cccc(CN2CCC[C@]3(CCN(Cc4ccco4)C3)C2=O)c1OC. The van der Waals surface area contributed by atoms with Crippen LogP contribution >= 0.6 is 0 Å². The van der Waals surface area contributed by atoms with Crippen molar-refractivity contribution in [2.45, 2.75) is 32.4 Å². The van der Waals surface area contributed by atoms with Gasteiger partial charge in [0, 0.05) is 25.2 Å². The van der Waals surface area contributed by atoms with Crippen molar-refractivity contribution in [1.29, 1.82) is 0 Å². The van der Waals surface area contributed by atoms with E-state index >= 15 is 0 Å². The molecule has 0 bridgehead atoms. The minimum Gasteiger partial charge on any atom is -0.493 e. The van der Waals surface area contributed by atoms with E-state index in [9.17, 15) is 4.79 Å². The molecule has 1 aromatic carbocycles. The number of hydrogen-bond acceptors (Lipinski definition) is 5. The van der Waals surface area contributed by atoms with Crippen molar-refractivity contribution in [3.8, 4) is 11.5 Å². The van der Waals surface area contributed by atoms with Gasteiger partial charge in [-0.2, -0.15) is 0 Å². The Hall–Kier alpha value is -2.47. The first-order valence-corrected chi connectivity index (χ1v) is 9.89. The summed E-state index contributed by atoms with van der Waals surface area (Å²) in [7, 11) is 3.28. The van der Waals surface area contributed by atoms with Gasteiger partial charge in [0.1, 0.15) is 5.76 Å². The van der Waals surface area contributed by atoms with E-state index in [4.69, 9.17) is 13.9 Å². The smallest absolute Gasteiger partial charge is 0.230 e. The van der Waals surface area contributed by atoms with E-state index in [0.29, 0.717) is 18.0 Å². The highest BCUT2D eigenvalue weighted by molar-refractivity contribution is 5.84. The second-order valence-corrected chi connectivity index (χ2v) is 7.80. The third kappa shape index (κ3) is 3.49. The van der Waals surface area contributed by atoms with Crippen LogP contribution in [0.5, 0.6) is 11.5 Å². The molecule has 2 fully saturated rings. The van der Waals surface area contributed by atoms with Gasteiger partial charge in [-0.1, -0.05) is 12.1 Å². The number of carbonyl (C=O) groups is 1. The Morgan fingerprint density at radius 3 is 2.71 bits per heavy atom. The first-order chi connectivity index (χ1) is 13.6. The maximum Gasteiger partial charge on any atom is 0.230 e. The van der Waals surface area contributed by atoms with Crippen LogP contribution in [0.1, 0.15) is 30.6 Å². The third-order valence-corrected chi connectivity index (χ3v) is 6.06. The molecule has 3 heterocycles. The number of benzene rings is 1. The molecule has 2 aromatic rings. The van der Waals surface area contributed by atoms with Crippen molar-refractivity contribution in [2.75, 3.05) is 33.9 Å². The van der Waals surface area contributed by atoms with Crippen molar-refractivity contribution in [1.82, 2.24) is 9.80 Å². The number of nitrogens with zero attached hydrogens (tertiary/aromatic N) is 2. The number of rotatable bonds is 6. The summed E-state index contributed by atoms with van der Waals surface area (Å²) in [4.78, 5) is 17.8. The average molecular weight is 384 g/mol. The van der Waals surface area contributed by atoms with Crippen LogP contribution in [0, 0.1) is 5.41 Å². The number of hydrogen-bond donors (Lipinski definition) is 0. The predicted molar refractivity (Wildman–Crippen MR) is 105 cm³/mol. The normalized spacial score (nSPS) is 22.8. The molecule has 0 radical (unpaired) electrons. The standard InChI is InChI=1S/C22H28N2O4/c1-26-19-8-3-6-17(20(19)27-2)14-24-11-5-9-22(21(24)25)10-12-23(16-22)15-18-7-4-13-28-18/h3-4,6-8,13H,5,9-12,14-16H2,1-2H3/t22-/m1/s1. The summed E-state index contributed by atoms with van der Waals surface area (Å²) in [5.41, 5.74) is 0.717. The molecule has 1 spiro atoms. The summed E-state index contributed by atoms with van der Waals surface area (Å²) >= 11 is 0. The van der Waals surface area contributed by atoms with Crippen LogP contribution in [0.3, 0.4) is 0 Å². The average Bonchev–Trinajstić information content (AvgIpc) is 3.36. The highest BCUT2D eigenvalue weighted by Gasteiger charge is 2.48. The van der Waals surface area contributed by atoms with E-state index in [1.165, 1.54) is 0 Å². The molecule has 0 N–H and O–H groups in total. The fourth-order valence-electron chi connectivity index (χ4n) is 4.68. The lowest BCUT2D eigenvalue weighted by Crippen LogP contribution is -2.49. The van der Waals surface area contributed by atoms with Gasteiger partial charge in [0.15, 0.2) is 11.5 Å². The Balaban J connectivity index is 1.48. The number of methoxy groups -OCH3 is 2. The minimum atomic E-state index is -0.267. The molecule has 2 aliphatic heterocycles. The molecule has 2 saturated heterocycles. The molecule has 2 aliphatic rings. The van der Waals surface area contributed by atoms with Crippen molar-refractivity contribution >= 4 is 5.91 Å². The number of carbonyl (C=O) groups excluding carboxylic acids is 1. The summed E-state index contributed by atoms with van der Waals surface area (Å²) in [5.74, 6) is 2.64. The Morgan fingerprint density at radius 2 is 1.96 bits per heavy atom.